The summed E-state index contributed by atoms with van der Waals surface area (Å²) in [6, 6.07) is 0. The summed E-state index contributed by atoms with van der Waals surface area (Å²) in [4.78, 5) is 18.5. The zero-order valence-corrected chi connectivity index (χ0v) is 16.1. The van der Waals surface area contributed by atoms with Crippen LogP contribution in [0.1, 0.15) is 50.8 Å². The Morgan fingerprint density at radius 1 is 1.40 bits per heavy atom. The van der Waals surface area contributed by atoms with Crippen molar-refractivity contribution in [3.63, 3.8) is 0 Å². The molecule has 0 amide bonds. The van der Waals surface area contributed by atoms with E-state index in [2.05, 4.69) is 48.6 Å². The van der Waals surface area contributed by atoms with Gasteiger partial charge in [-0.2, -0.15) is 0 Å². The second-order valence-corrected chi connectivity index (χ2v) is 6.71. The summed E-state index contributed by atoms with van der Waals surface area (Å²) in [5, 5.41) is 0. The van der Waals surface area contributed by atoms with Gasteiger partial charge in [0.25, 0.3) is 0 Å². The molecule has 0 atom stereocenters. The molecule has 0 radical (unpaired) electrons. The number of likely N-dealkylation sites (N-methyl/N-ethyl adjacent to an activating group) is 1. The maximum absolute atomic E-state index is 11.2. The molecule has 0 aromatic carbocycles. The SMILES string of the molecule is CCCCc1nc2c(n1CCN(C)CC)CC=CC(/C=C/C(C)=O)=C2. The fourth-order valence-corrected chi connectivity index (χ4v) is 2.94. The third-order valence-corrected chi connectivity index (χ3v) is 4.62. The van der Waals surface area contributed by atoms with Gasteiger partial charge in [-0.1, -0.05) is 38.5 Å². The van der Waals surface area contributed by atoms with E-state index in [-0.39, 0.29) is 5.78 Å². The Kier molecular flexibility index (Phi) is 7.38. The van der Waals surface area contributed by atoms with Crippen LogP contribution < -0.4 is 0 Å². The van der Waals surface area contributed by atoms with Crippen LogP contribution in [0.15, 0.2) is 29.9 Å². The predicted molar refractivity (Wildman–Crippen MR) is 105 cm³/mol. The van der Waals surface area contributed by atoms with E-state index in [4.69, 9.17) is 4.98 Å². The Balaban J connectivity index is 2.33. The number of nitrogens with zero attached hydrogens (tertiary/aromatic N) is 3. The van der Waals surface area contributed by atoms with Crippen LogP contribution >= 0.6 is 0 Å². The number of aromatic nitrogens is 2. The van der Waals surface area contributed by atoms with Crippen LogP contribution in [0.5, 0.6) is 0 Å². The summed E-state index contributed by atoms with van der Waals surface area (Å²) in [6.07, 6.45) is 14.1. The van der Waals surface area contributed by atoms with Crippen molar-refractivity contribution < 1.29 is 4.79 Å². The maximum Gasteiger partial charge on any atom is 0.152 e. The van der Waals surface area contributed by atoms with E-state index in [0.717, 1.165) is 50.2 Å². The Morgan fingerprint density at radius 2 is 2.20 bits per heavy atom. The lowest BCUT2D eigenvalue weighted by atomic mass is 10.2. The quantitative estimate of drug-likeness (QED) is 0.641. The second kappa shape index (κ2) is 9.52. The highest BCUT2D eigenvalue weighted by Crippen LogP contribution is 2.22. The first-order chi connectivity index (χ1) is 12.0. The Morgan fingerprint density at radius 3 is 2.88 bits per heavy atom. The first kappa shape index (κ1) is 19.4. The van der Waals surface area contributed by atoms with Crippen LogP contribution in [-0.4, -0.2) is 40.4 Å². The van der Waals surface area contributed by atoms with Crippen LogP contribution in [0.25, 0.3) is 6.08 Å². The van der Waals surface area contributed by atoms with Gasteiger partial charge in [0, 0.05) is 31.6 Å². The largest absolute Gasteiger partial charge is 0.330 e. The van der Waals surface area contributed by atoms with Gasteiger partial charge in [-0.3, -0.25) is 4.79 Å². The highest BCUT2D eigenvalue weighted by Gasteiger charge is 2.16. The normalized spacial score (nSPS) is 14.0. The first-order valence-corrected chi connectivity index (χ1v) is 9.38. The van der Waals surface area contributed by atoms with Crippen molar-refractivity contribution in [2.24, 2.45) is 0 Å². The van der Waals surface area contributed by atoms with Gasteiger partial charge >= 0.3 is 0 Å². The molecule has 4 nitrogen and oxygen atoms in total. The molecule has 0 unspecified atom stereocenters. The maximum atomic E-state index is 11.2. The third kappa shape index (κ3) is 5.53. The van der Waals surface area contributed by atoms with Crippen molar-refractivity contribution in [1.82, 2.24) is 14.5 Å². The number of allylic oxidation sites excluding steroid dienone is 5. The van der Waals surface area contributed by atoms with Crippen LogP contribution in [-0.2, 0) is 24.2 Å². The number of imidazole rings is 1. The number of aryl methyl sites for hydroxylation is 1. The molecule has 25 heavy (non-hydrogen) atoms. The van der Waals surface area contributed by atoms with E-state index in [9.17, 15) is 4.79 Å². The number of carbonyl (C=O) groups is 1. The van der Waals surface area contributed by atoms with E-state index in [1.165, 1.54) is 17.9 Å². The molecular weight excluding hydrogens is 310 g/mol. The van der Waals surface area contributed by atoms with Crippen molar-refractivity contribution in [2.75, 3.05) is 20.1 Å². The lowest BCUT2D eigenvalue weighted by Gasteiger charge is -2.17. The molecule has 0 saturated heterocycles. The average molecular weight is 341 g/mol. The molecule has 1 heterocycles. The van der Waals surface area contributed by atoms with Crippen molar-refractivity contribution in [3.8, 4) is 0 Å². The minimum Gasteiger partial charge on any atom is -0.330 e. The monoisotopic (exact) mass is 341 g/mol. The molecule has 0 bridgehead atoms. The molecule has 1 aliphatic carbocycles. The minimum absolute atomic E-state index is 0.0653. The summed E-state index contributed by atoms with van der Waals surface area (Å²) in [7, 11) is 2.16. The summed E-state index contributed by atoms with van der Waals surface area (Å²) < 4.78 is 2.41. The summed E-state index contributed by atoms with van der Waals surface area (Å²) in [6.45, 7) is 9.04. The number of hydrogen-bond acceptors (Lipinski definition) is 3. The summed E-state index contributed by atoms with van der Waals surface area (Å²) >= 11 is 0. The van der Waals surface area contributed by atoms with E-state index in [0.29, 0.717) is 0 Å². The van der Waals surface area contributed by atoms with Crippen molar-refractivity contribution >= 4 is 11.9 Å². The van der Waals surface area contributed by atoms with E-state index in [1.807, 2.05) is 6.08 Å². The van der Waals surface area contributed by atoms with Crippen LogP contribution in [0.3, 0.4) is 0 Å². The van der Waals surface area contributed by atoms with Crippen LogP contribution in [0.2, 0.25) is 0 Å². The van der Waals surface area contributed by atoms with Crippen molar-refractivity contribution in [3.05, 3.63) is 47.1 Å². The number of fused-ring (bicyclic) bond motifs is 1. The Labute approximate surface area is 151 Å². The lowest BCUT2D eigenvalue weighted by molar-refractivity contribution is -0.112. The second-order valence-electron chi connectivity index (χ2n) is 6.71. The van der Waals surface area contributed by atoms with Gasteiger partial charge in [-0.25, -0.2) is 4.98 Å². The van der Waals surface area contributed by atoms with Gasteiger partial charge in [-0.05, 0) is 44.7 Å². The average Bonchev–Trinajstić information content (AvgIpc) is 2.78. The first-order valence-electron chi connectivity index (χ1n) is 9.38. The molecule has 4 heteroatoms. The van der Waals surface area contributed by atoms with Gasteiger partial charge in [0.15, 0.2) is 5.78 Å². The van der Waals surface area contributed by atoms with Crippen molar-refractivity contribution in [1.29, 1.82) is 0 Å². The minimum atomic E-state index is 0.0653. The van der Waals surface area contributed by atoms with E-state index < -0.39 is 0 Å². The molecule has 2 rings (SSSR count). The van der Waals surface area contributed by atoms with Gasteiger partial charge in [0.2, 0.25) is 0 Å². The molecule has 0 aliphatic heterocycles. The van der Waals surface area contributed by atoms with Gasteiger partial charge in [0.1, 0.15) is 5.82 Å². The van der Waals surface area contributed by atoms with Gasteiger partial charge in [0.05, 0.1) is 5.69 Å². The molecule has 0 spiro atoms. The van der Waals surface area contributed by atoms with Gasteiger partial charge in [-0.15, -0.1) is 0 Å². The number of carbonyl (C=O) groups excluding carboxylic acids is 1. The zero-order valence-electron chi connectivity index (χ0n) is 16.1. The summed E-state index contributed by atoms with van der Waals surface area (Å²) in [5.74, 6) is 1.26. The topological polar surface area (TPSA) is 38.1 Å². The molecular formula is C21H31N3O. The van der Waals surface area contributed by atoms with Crippen molar-refractivity contribution in [2.45, 2.75) is 53.0 Å². The smallest absolute Gasteiger partial charge is 0.152 e. The third-order valence-electron chi connectivity index (χ3n) is 4.62. The zero-order chi connectivity index (χ0) is 18.2. The molecule has 136 valence electrons. The fourth-order valence-electron chi connectivity index (χ4n) is 2.94. The predicted octanol–water partition coefficient (Wildman–Crippen LogP) is 3.82. The van der Waals surface area contributed by atoms with E-state index in [1.54, 1.807) is 13.0 Å². The van der Waals surface area contributed by atoms with Gasteiger partial charge < -0.3 is 9.47 Å². The lowest BCUT2D eigenvalue weighted by Crippen LogP contribution is -2.24. The fraction of sp³-hybridized carbons (Fsp3) is 0.524. The molecule has 1 aromatic rings. The number of ketones is 1. The molecule has 1 aliphatic rings. The number of hydrogen-bond donors (Lipinski definition) is 0. The van der Waals surface area contributed by atoms with E-state index >= 15 is 0 Å². The molecule has 0 N–H and O–H groups in total. The number of rotatable bonds is 9. The standard InChI is InChI=1S/C21H31N3O/c1-5-7-11-21-22-19-16-18(13-12-17(3)25)9-8-10-20(19)24(21)15-14-23(4)6-2/h8-9,12-13,16H,5-7,10-11,14-15H2,1-4H3/b13-12+. The van der Waals surface area contributed by atoms with Crippen LogP contribution in [0, 0.1) is 0 Å². The summed E-state index contributed by atoms with van der Waals surface area (Å²) in [5.41, 5.74) is 3.38. The Bertz CT molecular complexity index is 680. The highest BCUT2D eigenvalue weighted by atomic mass is 16.1. The van der Waals surface area contributed by atoms with Crippen LogP contribution in [0.4, 0.5) is 0 Å². The number of unbranched alkanes of at least 4 members (excludes halogenated alkanes) is 1. The molecule has 0 saturated carbocycles. The molecule has 1 aromatic heterocycles. The Hall–Kier alpha value is -1.94. The molecule has 0 fully saturated rings. The highest BCUT2D eigenvalue weighted by molar-refractivity contribution is 5.88.